The minimum absolute atomic E-state index is 0.00405. The predicted molar refractivity (Wildman–Crippen MR) is 239 cm³/mol. The number of nitrogens with zero attached hydrogens (tertiary/aromatic N) is 2. The fourth-order valence-electron chi connectivity index (χ4n) is 12.4. The van der Waals surface area contributed by atoms with Crippen LogP contribution in [0.3, 0.4) is 0 Å². The lowest BCUT2D eigenvalue weighted by Gasteiger charge is -2.54. The highest BCUT2D eigenvalue weighted by molar-refractivity contribution is 5.50. The highest BCUT2D eigenvalue weighted by atomic mass is 19.1. The molecule has 2 aromatic carbocycles. The zero-order valence-corrected chi connectivity index (χ0v) is 37.4. The molecule has 6 aliphatic rings. The molecule has 0 heterocycles. The van der Waals surface area contributed by atoms with Crippen molar-refractivity contribution in [1.82, 2.24) is 0 Å². The largest absolute Gasteiger partial charge is 0.457 e. The number of ether oxygens (including phenoxy) is 1. The lowest BCUT2D eigenvalue weighted by atomic mass is 9.51. The molecular formula is C54H78F2N2O. The Morgan fingerprint density at radius 3 is 1.03 bits per heavy atom. The third-order valence-corrected chi connectivity index (χ3v) is 16.7. The minimum atomic E-state index is -0.492. The van der Waals surface area contributed by atoms with Gasteiger partial charge >= 0.3 is 0 Å². The van der Waals surface area contributed by atoms with E-state index in [0.29, 0.717) is 46.3 Å². The van der Waals surface area contributed by atoms with Crippen molar-refractivity contribution in [1.29, 1.82) is 10.5 Å². The van der Waals surface area contributed by atoms with Crippen molar-refractivity contribution in [2.24, 2.45) is 21.7 Å². The van der Waals surface area contributed by atoms with Crippen LogP contribution in [0.15, 0.2) is 24.3 Å². The van der Waals surface area contributed by atoms with E-state index in [1.54, 1.807) is 12.1 Å². The third kappa shape index (κ3) is 11.7. The van der Waals surface area contributed by atoms with Crippen molar-refractivity contribution < 1.29 is 13.5 Å². The molecule has 0 radical (unpaired) electrons. The van der Waals surface area contributed by atoms with E-state index in [1.165, 1.54) is 179 Å². The monoisotopic (exact) mass is 809 g/mol. The molecule has 6 saturated carbocycles. The predicted octanol–water partition coefficient (Wildman–Crippen LogP) is 17.1. The Morgan fingerprint density at radius 1 is 0.441 bits per heavy atom. The van der Waals surface area contributed by atoms with Crippen LogP contribution in [-0.2, 0) is 12.8 Å². The highest BCUT2D eigenvalue weighted by Gasteiger charge is 2.50. The molecule has 0 saturated heterocycles. The van der Waals surface area contributed by atoms with Gasteiger partial charge in [-0.1, -0.05) is 129 Å². The summed E-state index contributed by atoms with van der Waals surface area (Å²) in [4.78, 5) is 0. The molecule has 2 aromatic rings. The standard InChI is InChI=1S/C54H78F2N2O/c1-3-5-7-9-11-13-15-17-19-25-51-27-33-53(34-28-51,35-29-51)39-45-47(23-21-43(41-57)49(45)55)59-48-24-22-44(42-58)50(56)46(48)40-54-36-30-52(31-37-54,32-38-54)26-20-18-16-14-12-10-8-6-4-2/h21-24H,3-20,25-40H2,1-2H3. The van der Waals surface area contributed by atoms with E-state index < -0.39 is 11.6 Å². The van der Waals surface area contributed by atoms with E-state index in [4.69, 9.17) is 4.74 Å². The molecule has 0 spiro atoms. The van der Waals surface area contributed by atoms with Crippen LogP contribution in [0.25, 0.3) is 0 Å². The summed E-state index contributed by atoms with van der Waals surface area (Å²) >= 11 is 0. The van der Waals surface area contributed by atoms with E-state index in [2.05, 4.69) is 26.0 Å². The van der Waals surface area contributed by atoms with Crippen LogP contribution in [-0.4, -0.2) is 0 Å². The van der Waals surface area contributed by atoms with Gasteiger partial charge in [0, 0.05) is 11.1 Å². The summed E-state index contributed by atoms with van der Waals surface area (Å²) < 4.78 is 39.4. The molecule has 3 nitrogen and oxygen atoms in total. The Labute approximate surface area is 358 Å². The summed E-state index contributed by atoms with van der Waals surface area (Å²) in [5, 5.41) is 19.8. The molecule has 0 amide bonds. The van der Waals surface area contributed by atoms with Gasteiger partial charge in [0.1, 0.15) is 35.3 Å². The summed E-state index contributed by atoms with van der Waals surface area (Å²) in [5.74, 6) is -0.201. The molecule has 8 rings (SSSR count). The molecule has 0 atom stereocenters. The molecule has 6 aliphatic carbocycles. The first-order chi connectivity index (χ1) is 28.7. The maximum Gasteiger partial charge on any atom is 0.147 e. The summed E-state index contributed by atoms with van der Waals surface area (Å²) in [5.41, 5.74) is 1.87. The maximum absolute atomic E-state index is 16.4. The lowest BCUT2D eigenvalue weighted by Crippen LogP contribution is -2.43. The first kappa shape index (κ1) is 45.6. The molecule has 0 N–H and O–H groups in total. The molecule has 59 heavy (non-hydrogen) atoms. The van der Waals surface area contributed by atoms with Crippen molar-refractivity contribution in [2.75, 3.05) is 0 Å². The van der Waals surface area contributed by atoms with Crippen molar-refractivity contribution in [3.63, 3.8) is 0 Å². The molecule has 0 unspecified atom stereocenters. The third-order valence-electron chi connectivity index (χ3n) is 16.7. The Balaban J connectivity index is 1.07. The van der Waals surface area contributed by atoms with Gasteiger partial charge in [0.15, 0.2) is 0 Å². The molecular weight excluding hydrogens is 731 g/mol. The van der Waals surface area contributed by atoms with Crippen molar-refractivity contribution >= 4 is 0 Å². The summed E-state index contributed by atoms with van der Waals surface area (Å²) in [6, 6.07) is 10.6. The normalized spacial score (nSPS) is 25.9. The van der Waals surface area contributed by atoms with Crippen LogP contribution < -0.4 is 4.74 Å². The second-order valence-corrected chi connectivity index (χ2v) is 20.6. The van der Waals surface area contributed by atoms with Gasteiger partial charge in [-0.15, -0.1) is 0 Å². The average Bonchev–Trinajstić information content (AvgIpc) is 3.26. The van der Waals surface area contributed by atoms with E-state index in [-0.39, 0.29) is 22.0 Å². The Bertz CT molecular complexity index is 1560. The lowest BCUT2D eigenvalue weighted by molar-refractivity contribution is -0.0164. The molecule has 0 aliphatic heterocycles. The zero-order chi connectivity index (χ0) is 41.6. The smallest absolute Gasteiger partial charge is 0.147 e. The molecule has 0 aromatic heterocycles. The second-order valence-electron chi connectivity index (χ2n) is 20.6. The number of unbranched alkanes of at least 4 members (excludes halogenated alkanes) is 16. The topological polar surface area (TPSA) is 56.8 Å². The number of hydrogen-bond acceptors (Lipinski definition) is 3. The quantitative estimate of drug-likeness (QED) is 0.0890. The molecule has 324 valence electrons. The molecule has 5 heteroatoms. The van der Waals surface area contributed by atoms with E-state index >= 15 is 8.78 Å². The maximum atomic E-state index is 16.4. The fourth-order valence-corrected chi connectivity index (χ4v) is 12.4. The van der Waals surface area contributed by atoms with Gasteiger partial charge < -0.3 is 4.74 Å². The number of rotatable bonds is 26. The van der Waals surface area contributed by atoms with Crippen LogP contribution in [0.5, 0.6) is 11.5 Å². The highest BCUT2D eigenvalue weighted by Crippen LogP contribution is 2.62. The van der Waals surface area contributed by atoms with Crippen molar-refractivity contribution in [3.8, 4) is 23.6 Å². The van der Waals surface area contributed by atoms with Crippen LogP contribution in [0.1, 0.15) is 242 Å². The van der Waals surface area contributed by atoms with E-state index in [9.17, 15) is 10.5 Å². The number of halogens is 2. The number of hydrogen-bond donors (Lipinski definition) is 0. The minimum Gasteiger partial charge on any atom is -0.457 e. The van der Waals surface area contributed by atoms with Crippen molar-refractivity contribution in [3.05, 3.63) is 58.2 Å². The number of fused-ring (bicyclic) bond motifs is 6. The van der Waals surface area contributed by atoms with Crippen LogP contribution in [0, 0.1) is 56.0 Å². The Morgan fingerprint density at radius 2 is 0.729 bits per heavy atom. The second kappa shape index (κ2) is 21.7. The van der Waals surface area contributed by atoms with E-state index in [0.717, 1.165) is 38.5 Å². The van der Waals surface area contributed by atoms with Crippen LogP contribution in [0.2, 0.25) is 0 Å². The van der Waals surface area contributed by atoms with Gasteiger partial charge in [-0.25, -0.2) is 8.78 Å². The Kier molecular flexibility index (Phi) is 16.8. The van der Waals surface area contributed by atoms with Gasteiger partial charge in [0.2, 0.25) is 0 Å². The SMILES string of the molecule is CCCCCCCCCCCC12CCC(Cc3c(Oc4ccc(C#N)c(F)c4CC45CCC(CCCCCCCCCCC)(CC4)CC5)ccc(C#N)c3F)(CC1)CC2. The first-order valence-electron chi connectivity index (χ1n) is 24.8. The van der Waals surface area contributed by atoms with Crippen LogP contribution in [0.4, 0.5) is 8.78 Å². The average molecular weight is 809 g/mol. The van der Waals surface area contributed by atoms with Gasteiger partial charge in [0.25, 0.3) is 0 Å². The fraction of sp³-hybridized carbons (Fsp3) is 0.741. The Hall–Kier alpha value is -2.92. The molecule has 6 fully saturated rings. The number of benzene rings is 2. The summed E-state index contributed by atoms with van der Waals surface area (Å²) in [6.07, 6.45) is 41.9. The van der Waals surface area contributed by atoms with Gasteiger partial charge in [0.05, 0.1) is 11.1 Å². The van der Waals surface area contributed by atoms with Gasteiger partial charge in [-0.2, -0.15) is 10.5 Å². The number of nitriles is 2. The van der Waals surface area contributed by atoms with Crippen LogP contribution >= 0.6 is 0 Å². The summed E-state index contributed by atoms with van der Waals surface area (Å²) in [7, 11) is 0. The van der Waals surface area contributed by atoms with E-state index in [1.807, 2.05) is 0 Å². The molecule has 4 bridgehead atoms. The summed E-state index contributed by atoms with van der Waals surface area (Å²) in [6.45, 7) is 4.55. The van der Waals surface area contributed by atoms with Gasteiger partial charge in [-0.3, -0.25) is 0 Å². The van der Waals surface area contributed by atoms with Gasteiger partial charge in [-0.05, 0) is 149 Å². The van der Waals surface area contributed by atoms with Crippen molar-refractivity contribution in [2.45, 2.75) is 232 Å². The first-order valence-corrected chi connectivity index (χ1v) is 24.8. The zero-order valence-electron chi connectivity index (χ0n) is 37.4.